The zero-order valence-corrected chi connectivity index (χ0v) is 17.3. The minimum Gasteiger partial charge on any atom is -0.492 e. The van der Waals surface area contributed by atoms with E-state index < -0.39 is 0 Å². The van der Waals surface area contributed by atoms with Gasteiger partial charge in [0.2, 0.25) is 5.89 Å². The van der Waals surface area contributed by atoms with Crippen molar-refractivity contribution < 1.29 is 9.15 Å². The Morgan fingerprint density at radius 3 is 2.64 bits per heavy atom. The number of piperazine rings is 1. The number of ether oxygens (including phenoxy) is 1. The summed E-state index contributed by atoms with van der Waals surface area (Å²) in [5.74, 6) is 2.15. The van der Waals surface area contributed by atoms with Crippen LogP contribution in [0, 0.1) is 0 Å². The fourth-order valence-electron chi connectivity index (χ4n) is 3.26. The third-order valence-corrected chi connectivity index (χ3v) is 6.08. The second-order valence-electron chi connectivity index (χ2n) is 6.78. The first-order valence-corrected chi connectivity index (χ1v) is 10.7. The van der Waals surface area contributed by atoms with Gasteiger partial charge < -0.3 is 9.15 Å². The minimum atomic E-state index is 0.119. The summed E-state index contributed by atoms with van der Waals surface area (Å²) in [5.41, 5.74) is 0. The maximum absolute atomic E-state index is 5.90. The summed E-state index contributed by atoms with van der Waals surface area (Å²) in [5, 5.41) is 11.2. The van der Waals surface area contributed by atoms with Gasteiger partial charge in [-0.05, 0) is 42.6 Å². The molecule has 0 unspecified atom stereocenters. The Hall–Kier alpha value is -1.93. The van der Waals surface area contributed by atoms with Gasteiger partial charge in [-0.25, -0.2) is 0 Å². The molecule has 28 heavy (non-hydrogen) atoms. The smallest absolute Gasteiger partial charge is 0.257 e. The van der Waals surface area contributed by atoms with Crippen molar-refractivity contribution in [3.05, 3.63) is 52.7 Å². The zero-order valence-electron chi connectivity index (χ0n) is 15.8. The highest BCUT2D eigenvalue weighted by atomic mass is 35.5. The van der Waals surface area contributed by atoms with Crippen molar-refractivity contribution >= 4 is 22.9 Å². The predicted octanol–water partition coefficient (Wildman–Crippen LogP) is 4.21. The molecule has 0 N–H and O–H groups in total. The van der Waals surface area contributed by atoms with Gasteiger partial charge in [0, 0.05) is 37.7 Å². The van der Waals surface area contributed by atoms with Crippen molar-refractivity contribution in [3.63, 3.8) is 0 Å². The maximum atomic E-state index is 5.90. The lowest BCUT2D eigenvalue weighted by molar-refractivity contribution is 0.0827. The number of rotatable bonds is 7. The molecule has 0 bridgehead atoms. The predicted molar refractivity (Wildman–Crippen MR) is 111 cm³/mol. The normalized spacial score (nSPS) is 16.9. The van der Waals surface area contributed by atoms with E-state index >= 15 is 0 Å². The number of aromatic nitrogens is 2. The summed E-state index contributed by atoms with van der Waals surface area (Å²) in [7, 11) is 0. The third kappa shape index (κ3) is 4.72. The highest BCUT2D eigenvalue weighted by Crippen LogP contribution is 2.27. The van der Waals surface area contributed by atoms with Crippen LogP contribution in [0.25, 0.3) is 10.8 Å². The van der Waals surface area contributed by atoms with Crippen molar-refractivity contribution in [2.75, 3.05) is 39.3 Å². The topological polar surface area (TPSA) is 54.6 Å². The molecule has 1 saturated heterocycles. The Balaban J connectivity index is 1.23. The van der Waals surface area contributed by atoms with Crippen LogP contribution >= 0.6 is 22.9 Å². The lowest BCUT2D eigenvalue weighted by atomic mass is 10.2. The largest absolute Gasteiger partial charge is 0.492 e. The molecule has 1 fully saturated rings. The fourth-order valence-corrected chi connectivity index (χ4v) is 4.03. The van der Waals surface area contributed by atoms with Crippen molar-refractivity contribution in [2.45, 2.75) is 13.0 Å². The van der Waals surface area contributed by atoms with Gasteiger partial charge in [0.15, 0.2) is 0 Å². The van der Waals surface area contributed by atoms with Gasteiger partial charge in [0.1, 0.15) is 12.4 Å². The zero-order chi connectivity index (χ0) is 19.3. The highest BCUT2D eigenvalue weighted by Gasteiger charge is 2.25. The van der Waals surface area contributed by atoms with Crippen molar-refractivity contribution in [1.29, 1.82) is 0 Å². The van der Waals surface area contributed by atoms with E-state index in [1.807, 2.05) is 41.8 Å². The summed E-state index contributed by atoms with van der Waals surface area (Å²) in [6, 6.07) is 11.6. The summed E-state index contributed by atoms with van der Waals surface area (Å²) >= 11 is 7.50. The molecule has 0 spiro atoms. The average Bonchev–Trinajstić information content (AvgIpc) is 3.41. The number of nitrogens with zero attached hydrogens (tertiary/aromatic N) is 4. The Kier molecular flexibility index (Phi) is 6.26. The first kappa shape index (κ1) is 19.4. The van der Waals surface area contributed by atoms with Crippen LogP contribution in [0.4, 0.5) is 0 Å². The van der Waals surface area contributed by atoms with Crippen LogP contribution in [-0.4, -0.2) is 59.3 Å². The summed E-state index contributed by atoms with van der Waals surface area (Å²) in [4.78, 5) is 5.82. The molecule has 0 amide bonds. The molecule has 0 saturated carbocycles. The Morgan fingerprint density at radius 2 is 1.93 bits per heavy atom. The number of hydrogen-bond acceptors (Lipinski definition) is 7. The van der Waals surface area contributed by atoms with E-state index in [0.29, 0.717) is 18.4 Å². The molecular formula is C20H23ClN4O2S. The van der Waals surface area contributed by atoms with Gasteiger partial charge >= 0.3 is 0 Å². The second kappa shape index (κ2) is 9.05. The van der Waals surface area contributed by atoms with Gasteiger partial charge in [-0.1, -0.05) is 17.7 Å². The number of thiophene rings is 1. The molecule has 3 heterocycles. The van der Waals surface area contributed by atoms with Crippen molar-refractivity contribution in [1.82, 2.24) is 20.0 Å². The fraction of sp³-hybridized carbons (Fsp3) is 0.400. The molecule has 148 valence electrons. The van der Waals surface area contributed by atoms with E-state index in [0.717, 1.165) is 48.4 Å². The summed E-state index contributed by atoms with van der Waals surface area (Å²) in [6.07, 6.45) is 0. The first-order chi connectivity index (χ1) is 13.7. The van der Waals surface area contributed by atoms with E-state index in [1.165, 1.54) is 0 Å². The van der Waals surface area contributed by atoms with E-state index in [4.69, 9.17) is 20.8 Å². The Morgan fingerprint density at radius 1 is 1.14 bits per heavy atom. The standard InChI is InChI=1S/C20H23ClN4O2S/c1-15(19-22-23-20(27-19)18-3-2-14-28-18)25-10-8-24(9-11-25)12-13-26-17-6-4-16(21)5-7-17/h2-7,14-15H,8-13H2,1H3/t15-/m1/s1. The Bertz CT molecular complexity index is 861. The van der Waals surface area contributed by atoms with Crippen molar-refractivity contribution in [3.8, 4) is 16.5 Å². The summed E-state index contributed by atoms with van der Waals surface area (Å²) in [6.45, 7) is 7.65. The lowest BCUT2D eigenvalue weighted by Gasteiger charge is -2.36. The van der Waals surface area contributed by atoms with Gasteiger partial charge in [-0.3, -0.25) is 9.80 Å². The molecule has 0 aliphatic carbocycles. The number of benzene rings is 1. The minimum absolute atomic E-state index is 0.119. The molecule has 3 aromatic rings. The van der Waals surface area contributed by atoms with E-state index in [-0.39, 0.29) is 6.04 Å². The van der Waals surface area contributed by atoms with Crippen LogP contribution < -0.4 is 4.74 Å². The van der Waals surface area contributed by atoms with E-state index in [9.17, 15) is 0 Å². The van der Waals surface area contributed by atoms with Gasteiger partial charge in [0.25, 0.3) is 5.89 Å². The van der Waals surface area contributed by atoms with E-state index in [1.54, 1.807) is 11.3 Å². The van der Waals surface area contributed by atoms with E-state index in [2.05, 4.69) is 26.9 Å². The second-order valence-corrected chi connectivity index (χ2v) is 8.16. The van der Waals surface area contributed by atoms with Gasteiger partial charge in [0.05, 0.1) is 10.9 Å². The van der Waals surface area contributed by atoms with Gasteiger partial charge in [-0.2, -0.15) is 0 Å². The van der Waals surface area contributed by atoms with Gasteiger partial charge in [-0.15, -0.1) is 21.5 Å². The number of hydrogen-bond donors (Lipinski definition) is 0. The molecule has 1 aromatic carbocycles. The molecule has 1 aliphatic rings. The SMILES string of the molecule is C[C@H](c1nnc(-c2cccs2)o1)N1CCN(CCOc2ccc(Cl)cc2)CC1. The molecule has 2 aromatic heterocycles. The lowest BCUT2D eigenvalue weighted by Crippen LogP contribution is -2.48. The molecule has 1 atom stereocenters. The Labute approximate surface area is 173 Å². The molecular weight excluding hydrogens is 396 g/mol. The van der Waals surface area contributed by atoms with Crippen LogP contribution in [0.3, 0.4) is 0 Å². The van der Waals surface area contributed by atoms with Crippen LogP contribution in [0.15, 0.2) is 46.2 Å². The monoisotopic (exact) mass is 418 g/mol. The average molecular weight is 419 g/mol. The van der Waals surface area contributed by atoms with Crippen LogP contribution in [0.1, 0.15) is 18.9 Å². The van der Waals surface area contributed by atoms with Crippen LogP contribution in [-0.2, 0) is 0 Å². The number of halogens is 1. The van der Waals surface area contributed by atoms with Crippen LogP contribution in [0.5, 0.6) is 5.75 Å². The maximum Gasteiger partial charge on any atom is 0.257 e. The molecule has 1 aliphatic heterocycles. The molecule has 0 radical (unpaired) electrons. The molecule has 4 rings (SSSR count). The summed E-state index contributed by atoms with van der Waals surface area (Å²) < 4.78 is 11.7. The highest BCUT2D eigenvalue weighted by molar-refractivity contribution is 7.13. The quantitative estimate of drug-likeness (QED) is 0.573. The van der Waals surface area contributed by atoms with Crippen LogP contribution in [0.2, 0.25) is 5.02 Å². The van der Waals surface area contributed by atoms with Crippen molar-refractivity contribution in [2.24, 2.45) is 0 Å². The molecule has 6 nitrogen and oxygen atoms in total. The third-order valence-electron chi connectivity index (χ3n) is 4.97. The molecule has 8 heteroatoms. The first-order valence-electron chi connectivity index (χ1n) is 9.41.